The lowest BCUT2D eigenvalue weighted by Crippen LogP contribution is -2.37. The number of fused-ring (bicyclic) bond motifs is 1. The number of nitrogens with zero attached hydrogens (tertiary/aromatic N) is 4. The van der Waals surface area contributed by atoms with Gasteiger partial charge in [-0.25, -0.2) is 4.98 Å². The van der Waals surface area contributed by atoms with E-state index < -0.39 is 0 Å². The van der Waals surface area contributed by atoms with Crippen LogP contribution in [0.2, 0.25) is 5.02 Å². The summed E-state index contributed by atoms with van der Waals surface area (Å²) in [5.74, 6) is 2.38. The van der Waals surface area contributed by atoms with E-state index in [1.54, 1.807) is 16.8 Å². The molecule has 1 unspecified atom stereocenters. The summed E-state index contributed by atoms with van der Waals surface area (Å²) in [4.78, 5) is 36.4. The lowest BCUT2D eigenvalue weighted by molar-refractivity contribution is -0.122. The summed E-state index contributed by atoms with van der Waals surface area (Å²) in [6, 6.07) is 7.50. The van der Waals surface area contributed by atoms with Crippen molar-refractivity contribution >= 4 is 68.5 Å². The molecule has 1 aromatic carbocycles. The summed E-state index contributed by atoms with van der Waals surface area (Å²) >= 11 is 8.93. The Balaban J connectivity index is 1.44. The monoisotopic (exact) mass is 650 g/mol. The lowest BCUT2D eigenvalue weighted by atomic mass is 10.0. The highest BCUT2D eigenvalue weighted by Gasteiger charge is 2.23. The van der Waals surface area contributed by atoms with Gasteiger partial charge in [0.15, 0.2) is 18.2 Å². The number of likely N-dealkylation sites (N-methyl/N-ethyl adjacent to an activating group) is 1. The first-order valence-corrected chi connectivity index (χ1v) is 15.0. The molecule has 0 spiro atoms. The van der Waals surface area contributed by atoms with E-state index in [4.69, 9.17) is 21.3 Å². The van der Waals surface area contributed by atoms with Crippen molar-refractivity contribution < 1.29 is 9.53 Å². The van der Waals surface area contributed by atoms with E-state index >= 15 is 0 Å². The molecular formula is C27H32ClIN6O3. The zero-order chi connectivity index (χ0) is 26.6. The van der Waals surface area contributed by atoms with E-state index in [1.165, 1.54) is 26.3 Å². The number of anilines is 3. The quantitative estimate of drug-likeness (QED) is 0.241. The maximum Gasteiger partial charge on any atom is 0.293 e. The second kappa shape index (κ2) is 12.1. The molecule has 0 radical (unpaired) electrons. The average molecular weight is 651 g/mol. The van der Waals surface area contributed by atoms with Crippen molar-refractivity contribution in [1.29, 1.82) is 0 Å². The van der Waals surface area contributed by atoms with Gasteiger partial charge in [-0.3, -0.25) is 9.59 Å². The standard InChI is InChI=1S/C27H32ClIN6O3/c1-30-24(36)16-38-23-12-19-11-20(6-7-22(19)35(26(23)37)10-8-17-4-5-17)32-25-21(28)14-31-27(33-25)34-9-2-3-18(13-29)15-34/h6-7,11-12,14,17-18H,2-5,8-10,13,15-16H2,1H3,(H,30,36)(H,31,32,33). The largest absolute Gasteiger partial charge is 0.478 e. The Morgan fingerprint density at radius 1 is 1.24 bits per heavy atom. The summed E-state index contributed by atoms with van der Waals surface area (Å²) in [6.07, 6.45) is 7.37. The number of hydrogen-bond donors (Lipinski definition) is 2. The van der Waals surface area contributed by atoms with Crippen LogP contribution in [-0.4, -0.2) is 51.6 Å². The van der Waals surface area contributed by atoms with Gasteiger partial charge in [0.05, 0.1) is 11.7 Å². The number of carbonyl (C=O) groups excluding carboxylic acids is 1. The summed E-state index contributed by atoms with van der Waals surface area (Å²) < 4.78 is 8.50. The summed E-state index contributed by atoms with van der Waals surface area (Å²) in [5, 5.41) is 7.11. The normalized spacial score (nSPS) is 17.4. The number of ether oxygens (including phenoxy) is 1. The van der Waals surface area contributed by atoms with Gasteiger partial charge in [0.25, 0.3) is 11.5 Å². The molecule has 1 amide bonds. The predicted molar refractivity (Wildman–Crippen MR) is 159 cm³/mol. The third-order valence-electron chi connectivity index (χ3n) is 7.17. The molecule has 2 fully saturated rings. The van der Waals surface area contributed by atoms with Gasteiger partial charge in [-0.1, -0.05) is 47.0 Å². The first-order chi connectivity index (χ1) is 18.4. The Kier molecular flexibility index (Phi) is 8.57. The molecular weight excluding hydrogens is 619 g/mol. The third kappa shape index (κ3) is 6.33. The van der Waals surface area contributed by atoms with Crippen LogP contribution in [-0.2, 0) is 11.3 Å². The minimum atomic E-state index is -0.294. The maximum atomic E-state index is 13.2. The van der Waals surface area contributed by atoms with E-state index in [1.807, 2.05) is 18.2 Å². The highest BCUT2D eigenvalue weighted by Crippen LogP contribution is 2.34. The first kappa shape index (κ1) is 27.0. The van der Waals surface area contributed by atoms with Gasteiger partial charge in [0.1, 0.15) is 5.02 Å². The number of halogens is 2. The third-order valence-corrected chi connectivity index (χ3v) is 8.69. The van der Waals surface area contributed by atoms with Gasteiger partial charge in [0.2, 0.25) is 5.95 Å². The number of aryl methyl sites for hydroxylation is 1. The van der Waals surface area contributed by atoms with Crippen LogP contribution in [0.4, 0.5) is 17.5 Å². The Morgan fingerprint density at radius 2 is 2.08 bits per heavy atom. The van der Waals surface area contributed by atoms with E-state index in [9.17, 15) is 9.59 Å². The van der Waals surface area contributed by atoms with Gasteiger partial charge < -0.3 is 24.8 Å². The van der Waals surface area contributed by atoms with Gasteiger partial charge >= 0.3 is 0 Å². The molecule has 2 aromatic heterocycles. The topological polar surface area (TPSA) is 101 Å². The minimum absolute atomic E-state index is 0.159. The maximum absolute atomic E-state index is 13.2. The molecule has 0 bridgehead atoms. The number of rotatable bonds is 10. The number of amides is 1. The predicted octanol–water partition coefficient (Wildman–Crippen LogP) is 4.76. The van der Waals surface area contributed by atoms with Crippen LogP contribution in [0.5, 0.6) is 5.75 Å². The number of piperidine rings is 1. The molecule has 11 heteroatoms. The molecule has 1 saturated heterocycles. The molecule has 1 aliphatic heterocycles. The summed E-state index contributed by atoms with van der Waals surface area (Å²) in [5.41, 5.74) is 1.37. The van der Waals surface area contributed by atoms with E-state index in [-0.39, 0.29) is 23.8 Å². The van der Waals surface area contributed by atoms with E-state index in [2.05, 4.69) is 43.1 Å². The van der Waals surface area contributed by atoms with Gasteiger partial charge in [-0.15, -0.1) is 0 Å². The fourth-order valence-electron chi connectivity index (χ4n) is 4.81. The number of nitrogens with one attached hydrogen (secondary N) is 2. The Labute approximate surface area is 240 Å². The Hall–Kier alpha value is -2.60. The van der Waals surface area contributed by atoms with E-state index in [0.29, 0.717) is 35.2 Å². The molecule has 3 heterocycles. The lowest BCUT2D eigenvalue weighted by Gasteiger charge is -2.32. The van der Waals surface area contributed by atoms with Crippen LogP contribution < -0.4 is 25.8 Å². The Bertz CT molecular complexity index is 1380. The number of hydrogen-bond acceptors (Lipinski definition) is 7. The number of pyridine rings is 1. The van der Waals surface area contributed by atoms with Crippen LogP contribution >= 0.6 is 34.2 Å². The van der Waals surface area contributed by atoms with E-state index in [0.717, 1.165) is 46.9 Å². The highest BCUT2D eigenvalue weighted by atomic mass is 127. The number of carbonyl (C=O) groups is 1. The fourth-order valence-corrected chi connectivity index (χ4v) is 5.66. The van der Waals surface area contributed by atoms with Crippen molar-refractivity contribution in [2.24, 2.45) is 11.8 Å². The van der Waals surface area contributed by atoms with Crippen molar-refractivity contribution in [3.63, 3.8) is 0 Å². The fraction of sp³-hybridized carbons (Fsp3) is 0.481. The van der Waals surface area contributed by atoms with Crippen molar-refractivity contribution in [1.82, 2.24) is 19.9 Å². The molecule has 1 atom stereocenters. The molecule has 38 heavy (non-hydrogen) atoms. The molecule has 1 aliphatic carbocycles. The molecule has 5 rings (SSSR count). The smallest absolute Gasteiger partial charge is 0.293 e. The molecule has 9 nitrogen and oxygen atoms in total. The van der Waals surface area contributed by atoms with Gasteiger partial charge in [-0.05, 0) is 55.4 Å². The molecule has 1 saturated carbocycles. The zero-order valence-corrected chi connectivity index (χ0v) is 24.3. The molecule has 2 aliphatic rings. The number of alkyl halides is 1. The molecule has 202 valence electrons. The second-order valence-corrected chi connectivity index (χ2v) is 11.3. The van der Waals surface area contributed by atoms with Crippen LogP contribution in [0.3, 0.4) is 0 Å². The van der Waals surface area contributed by atoms with Gasteiger partial charge in [0, 0.05) is 42.2 Å². The minimum Gasteiger partial charge on any atom is -0.478 e. The van der Waals surface area contributed by atoms with Crippen molar-refractivity contribution in [2.75, 3.05) is 41.4 Å². The first-order valence-electron chi connectivity index (χ1n) is 13.1. The highest BCUT2D eigenvalue weighted by molar-refractivity contribution is 14.1. The van der Waals surface area contributed by atoms with Crippen LogP contribution in [0, 0.1) is 11.8 Å². The van der Waals surface area contributed by atoms with Crippen LogP contribution in [0.25, 0.3) is 10.9 Å². The number of aromatic nitrogens is 3. The van der Waals surface area contributed by atoms with Crippen LogP contribution in [0.1, 0.15) is 32.1 Å². The molecule has 2 N–H and O–H groups in total. The Morgan fingerprint density at radius 3 is 2.84 bits per heavy atom. The molecule has 3 aromatic rings. The summed E-state index contributed by atoms with van der Waals surface area (Å²) in [6.45, 7) is 2.27. The van der Waals surface area contributed by atoms with Crippen LogP contribution in [0.15, 0.2) is 35.3 Å². The SMILES string of the molecule is CNC(=O)COc1cc2cc(Nc3nc(N4CCCC(CI)C4)ncc3Cl)ccc2n(CCC2CC2)c1=O. The van der Waals surface area contributed by atoms with Crippen molar-refractivity contribution in [3.8, 4) is 5.75 Å². The second-order valence-electron chi connectivity index (χ2n) is 10.0. The number of benzene rings is 1. The average Bonchev–Trinajstić information content (AvgIpc) is 3.77. The zero-order valence-electron chi connectivity index (χ0n) is 21.4. The van der Waals surface area contributed by atoms with Crippen molar-refractivity contribution in [3.05, 3.63) is 45.8 Å². The van der Waals surface area contributed by atoms with Crippen molar-refractivity contribution in [2.45, 2.75) is 38.6 Å². The van der Waals surface area contributed by atoms with Gasteiger partial charge in [-0.2, -0.15) is 4.98 Å². The summed E-state index contributed by atoms with van der Waals surface area (Å²) in [7, 11) is 1.54.